The zero-order valence-electron chi connectivity index (χ0n) is 9.54. The Hall–Kier alpha value is -1.13. The summed E-state index contributed by atoms with van der Waals surface area (Å²) in [6, 6.07) is 4.14. The second-order valence-electron chi connectivity index (χ2n) is 4.04. The molecule has 0 saturated carbocycles. The lowest BCUT2D eigenvalue weighted by atomic mass is 10.0. The lowest BCUT2D eigenvalue weighted by molar-refractivity contribution is -0.118. The summed E-state index contributed by atoms with van der Waals surface area (Å²) in [6.45, 7) is 5.62. The van der Waals surface area contributed by atoms with E-state index in [1.165, 1.54) is 10.5 Å². The summed E-state index contributed by atoms with van der Waals surface area (Å²) in [6.07, 6.45) is 0. The second-order valence-corrected chi connectivity index (χ2v) is 5.02. The number of amides is 1. The first-order chi connectivity index (χ1) is 7.68. The minimum absolute atomic E-state index is 0.0531. The molecular weight excluding hydrogens is 220 g/mol. The summed E-state index contributed by atoms with van der Waals surface area (Å²) in [5.41, 5.74) is 2.08. The van der Waals surface area contributed by atoms with E-state index in [4.69, 9.17) is 0 Å². The average Bonchev–Trinajstić information content (AvgIpc) is 2.67. The molecule has 4 heteroatoms. The molecule has 1 amide bonds. The third-order valence-corrected chi connectivity index (χ3v) is 3.92. The first-order valence-electron chi connectivity index (χ1n) is 5.42. The molecule has 16 heavy (non-hydrogen) atoms. The fourth-order valence-corrected chi connectivity index (χ4v) is 2.32. The molecule has 1 aromatic rings. The molecule has 0 radical (unpaired) electrons. The van der Waals surface area contributed by atoms with E-state index in [0.29, 0.717) is 0 Å². The second kappa shape index (κ2) is 4.80. The molecule has 1 saturated heterocycles. The van der Waals surface area contributed by atoms with Crippen LogP contribution in [0.4, 0.5) is 0 Å². The highest BCUT2D eigenvalue weighted by atomic mass is 32.1. The van der Waals surface area contributed by atoms with Gasteiger partial charge in [-0.15, -0.1) is 11.3 Å². The van der Waals surface area contributed by atoms with Crippen molar-refractivity contribution in [2.45, 2.75) is 19.9 Å². The zero-order chi connectivity index (χ0) is 11.5. The molecule has 0 spiro atoms. The Kier molecular flexibility index (Phi) is 3.41. The van der Waals surface area contributed by atoms with E-state index in [9.17, 15) is 4.79 Å². The van der Waals surface area contributed by atoms with Crippen LogP contribution < -0.4 is 10.6 Å². The van der Waals surface area contributed by atoms with Crippen molar-refractivity contribution in [3.05, 3.63) is 33.5 Å². The molecule has 1 aromatic heterocycles. The monoisotopic (exact) mass is 236 g/mol. The first kappa shape index (κ1) is 11.4. The van der Waals surface area contributed by atoms with Gasteiger partial charge in [0.25, 0.3) is 0 Å². The lowest BCUT2D eigenvalue weighted by Gasteiger charge is -2.22. The van der Waals surface area contributed by atoms with E-state index in [1.807, 2.05) is 31.4 Å². The van der Waals surface area contributed by atoms with Crippen LogP contribution in [-0.2, 0) is 4.79 Å². The van der Waals surface area contributed by atoms with Crippen molar-refractivity contribution in [1.29, 1.82) is 0 Å². The van der Waals surface area contributed by atoms with Gasteiger partial charge in [-0.05, 0) is 30.9 Å². The highest BCUT2D eigenvalue weighted by Gasteiger charge is 2.17. The number of thiophene rings is 1. The molecule has 2 N–H and O–H groups in total. The Morgan fingerprint density at radius 3 is 2.81 bits per heavy atom. The van der Waals surface area contributed by atoms with Gasteiger partial charge in [0, 0.05) is 23.5 Å². The number of hydrogen-bond acceptors (Lipinski definition) is 3. The third-order valence-electron chi connectivity index (χ3n) is 2.87. The number of hydrogen-bond donors (Lipinski definition) is 2. The smallest absolute Gasteiger partial charge is 0.247 e. The highest BCUT2D eigenvalue weighted by Crippen LogP contribution is 2.19. The van der Waals surface area contributed by atoms with E-state index in [0.717, 1.165) is 18.7 Å². The molecule has 1 fully saturated rings. The van der Waals surface area contributed by atoms with Crippen LogP contribution in [0.5, 0.6) is 0 Å². The molecule has 3 nitrogen and oxygen atoms in total. The summed E-state index contributed by atoms with van der Waals surface area (Å²) in [5, 5.41) is 8.19. The number of carbonyl (C=O) groups is 1. The molecule has 0 unspecified atom stereocenters. The van der Waals surface area contributed by atoms with Gasteiger partial charge in [-0.25, -0.2) is 0 Å². The van der Waals surface area contributed by atoms with E-state index in [-0.39, 0.29) is 11.9 Å². The van der Waals surface area contributed by atoms with E-state index in [2.05, 4.69) is 10.6 Å². The van der Waals surface area contributed by atoms with Crippen LogP contribution in [0, 0.1) is 0 Å². The Morgan fingerprint density at radius 1 is 1.56 bits per heavy atom. The molecule has 2 heterocycles. The Balaban J connectivity index is 1.97. The van der Waals surface area contributed by atoms with Gasteiger partial charge in [-0.1, -0.05) is 6.07 Å². The average molecular weight is 236 g/mol. The molecule has 0 aliphatic carbocycles. The van der Waals surface area contributed by atoms with Crippen molar-refractivity contribution in [1.82, 2.24) is 10.6 Å². The van der Waals surface area contributed by atoms with Crippen molar-refractivity contribution < 1.29 is 4.79 Å². The molecule has 1 aliphatic heterocycles. The predicted molar refractivity (Wildman–Crippen MR) is 66.4 cm³/mol. The van der Waals surface area contributed by atoms with Gasteiger partial charge in [-0.2, -0.15) is 0 Å². The fraction of sp³-hybridized carbons (Fsp3) is 0.417. The van der Waals surface area contributed by atoms with E-state index < -0.39 is 0 Å². The third kappa shape index (κ3) is 2.33. The van der Waals surface area contributed by atoms with E-state index in [1.54, 1.807) is 11.3 Å². The van der Waals surface area contributed by atoms with Crippen LogP contribution in [0.1, 0.15) is 24.8 Å². The first-order valence-corrected chi connectivity index (χ1v) is 6.30. The fourth-order valence-electron chi connectivity index (χ4n) is 1.59. The van der Waals surface area contributed by atoms with Gasteiger partial charge in [0.1, 0.15) is 0 Å². The maximum atomic E-state index is 11.9. The summed E-state index contributed by atoms with van der Waals surface area (Å²) in [4.78, 5) is 13.1. The normalized spacial score (nSPS) is 16.5. The molecule has 0 bridgehead atoms. The summed E-state index contributed by atoms with van der Waals surface area (Å²) < 4.78 is 0. The number of nitrogens with one attached hydrogen (secondary N) is 2. The molecule has 2 rings (SSSR count). The summed E-state index contributed by atoms with van der Waals surface area (Å²) in [7, 11) is 0. The molecular formula is C12H16N2OS. The van der Waals surface area contributed by atoms with Gasteiger partial charge >= 0.3 is 0 Å². The Labute approximate surface area is 99.6 Å². The van der Waals surface area contributed by atoms with Crippen LogP contribution in [0.3, 0.4) is 0 Å². The maximum Gasteiger partial charge on any atom is 0.247 e. The van der Waals surface area contributed by atoms with Gasteiger partial charge in [-0.3, -0.25) is 4.79 Å². The van der Waals surface area contributed by atoms with Crippen molar-refractivity contribution in [2.75, 3.05) is 13.1 Å². The van der Waals surface area contributed by atoms with E-state index >= 15 is 0 Å². The van der Waals surface area contributed by atoms with Crippen LogP contribution in [0.2, 0.25) is 0 Å². The SMILES string of the molecule is CC(C(=O)N[C@@H](C)c1cccs1)=C1CNC1. The van der Waals surface area contributed by atoms with Crippen LogP contribution in [0.15, 0.2) is 28.7 Å². The highest BCUT2D eigenvalue weighted by molar-refractivity contribution is 7.10. The summed E-state index contributed by atoms with van der Waals surface area (Å²) >= 11 is 1.67. The summed E-state index contributed by atoms with van der Waals surface area (Å²) in [5.74, 6) is 0.0531. The minimum Gasteiger partial charge on any atom is -0.345 e. The van der Waals surface area contributed by atoms with Crippen LogP contribution >= 0.6 is 11.3 Å². The Morgan fingerprint density at radius 2 is 2.31 bits per heavy atom. The molecule has 0 aromatic carbocycles. The van der Waals surface area contributed by atoms with Crippen LogP contribution in [0.25, 0.3) is 0 Å². The van der Waals surface area contributed by atoms with Crippen LogP contribution in [-0.4, -0.2) is 19.0 Å². The predicted octanol–water partition coefficient (Wildman–Crippen LogP) is 1.84. The van der Waals surface area contributed by atoms with Crippen molar-refractivity contribution in [2.24, 2.45) is 0 Å². The van der Waals surface area contributed by atoms with Crippen molar-refractivity contribution in [3.8, 4) is 0 Å². The van der Waals surface area contributed by atoms with Crippen molar-refractivity contribution in [3.63, 3.8) is 0 Å². The zero-order valence-corrected chi connectivity index (χ0v) is 10.4. The minimum atomic E-state index is 0.0531. The van der Waals surface area contributed by atoms with Crippen molar-refractivity contribution >= 4 is 17.2 Å². The van der Waals surface area contributed by atoms with Gasteiger partial charge < -0.3 is 10.6 Å². The lowest BCUT2D eigenvalue weighted by Crippen LogP contribution is -2.38. The largest absolute Gasteiger partial charge is 0.345 e. The molecule has 1 atom stereocenters. The standard InChI is InChI=1S/C12H16N2OS/c1-8(10-6-13-7-10)12(15)14-9(2)11-4-3-5-16-11/h3-5,9,13H,6-7H2,1-2H3,(H,14,15)/t9-/m0/s1. The molecule has 1 aliphatic rings. The Bertz CT molecular complexity index is 403. The quantitative estimate of drug-likeness (QED) is 0.786. The maximum absolute atomic E-state index is 11.9. The molecule has 86 valence electrons. The van der Waals surface area contributed by atoms with Gasteiger partial charge in [0.15, 0.2) is 0 Å². The number of carbonyl (C=O) groups excluding carboxylic acids is 1. The van der Waals surface area contributed by atoms with Gasteiger partial charge in [0.2, 0.25) is 5.91 Å². The topological polar surface area (TPSA) is 41.1 Å². The van der Waals surface area contributed by atoms with Gasteiger partial charge in [0.05, 0.1) is 6.04 Å². The number of rotatable bonds is 3.